The van der Waals surface area contributed by atoms with E-state index in [1.807, 2.05) is 19.9 Å². The van der Waals surface area contributed by atoms with Gasteiger partial charge in [-0.25, -0.2) is 0 Å². The molecule has 0 radical (unpaired) electrons. The zero-order chi connectivity index (χ0) is 52.8. The Morgan fingerprint density at radius 1 is 0.918 bits per heavy atom. The van der Waals surface area contributed by atoms with Crippen molar-refractivity contribution in [2.24, 2.45) is 11.7 Å². The third-order valence-electron chi connectivity index (χ3n) is 13.3. The number of nitrogens with two attached hydrogens (primary N) is 1. The number of halogens is 2. The van der Waals surface area contributed by atoms with Crippen molar-refractivity contribution in [3.8, 4) is 11.8 Å². The summed E-state index contributed by atoms with van der Waals surface area (Å²) in [7, 11) is -5.87. The van der Waals surface area contributed by atoms with Crippen molar-refractivity contribution in [2.45, 2.75) is 134 Å². The molecule has 0 bridgehead atoms. The van der Waals surface area contributed by atoms with Gasteiger partial charge in [0.1, 0.15) is 23.8 Å². The van der Waals surface area contributed by atoms with Gasteiger partial charge in [-0.1, -0.05) is 75.3 Å². The van der Waals surface area contributed by atoms with E-state index in [4.69, 9.17) is 5.73 Å². The molecule has 3 aromatic carbocycles. The average Bonchev–Trinajstić information content (AvgIpc) is 4.05. The number of unbranched alkanes of at least 4 members (excludes halogenated alkanes) is 5. The molecule has 3 aliphatic rings. The zero-order valence-electron chi connectivity index (χ0n) is 40.4. The Hall–Kier alpha value is -7.07. The summed E-state index contributed by atoms with van der Waals surface area (Å²) in [5.74, 6) is 2.07. The highest BCUT2D eigenvalue weighted by atomic mass is 31.2. The Balaban J connectivity index is 0.941. The first-order chi connectivity index (χ1) is 34.6. The number of para-hydroxylation sites is 1. The molecule has 1 saturated heterocycles. The summed E-state index contributed by atoms with van der Waals surface area (Å²) < 4.78 is 40.5. The predicted octanol–water partition coefficient (Wildman–Crippen LogP) is 5.36. The van der Waals surface area contributed by atoms with Gasteiger partial charge in [0.05, 0.1) is 6.04 Å². The minimum atomic E-state index is -5.87. The fraction of sp³-hybridized carbons (Fsp3) is 0.423. The molecule has 0 aliphatic carbocycles. The molecule has 4 aromatic rings. The number of benzene rings is 3. The fourth-order valence-corrected chi connectivity index (χ4v) is 10.00. The second-order valence-electron chi connectivity index (χ2n) is 19.1. The van der Waals surface area contributed by atoms with E-state index < -0.39 is 72.5 Å². The third kappa shape index (κ3) is 12.4. The van der Waals surface area contributed by atoms with Crippen molar-refractivity contribution in [1.82, 2.24) is 25.8 Å². The van der Waals surface area contributed by atoms with Crippen molar-refractivity contribution in [2.75, 3.05) is 4.90 Å². The number of fused-ring (bicyclic) bond motifs is 3. The molecule has 0 spiro atoms. The summed E-state index contributed by atoms with van der Waals surface area (Å²) in [5, 5.41) is 7.89. The molecule has 4 atom stereocenters. The SMILES string of the molecule is CC(C)C[C@H](NC(=O)c1cc2cc(C(F)(F)P(=O)(O)O)ccc2[nH]1)C(=O)N1c2ccccc2C[C@H]1C(=O)N[C@@H](CCC(N)=O)C(=O)CCCCCCCC#Cc1cccc2c1CN(C1CCC(=O)NC1=O)C2=O. The average molecular weight is 1030 g/mol. The Morgan fingerprint density at radius 3 is 2.38 bits per heavy atom. The van der Waals surface area contributed by atoms with Gasteiger partial charge in [0.15, 0.2) is 5.78 Å². The number of hydrogen-bond donors (Lipinski definition) is 7. The summed E-state index contributed by atoms with van der Waals surface area (Å²) in [4.78, 5) is 130. The van der Waals surface area contributed by atoms with Crippen molar-refractivity contribution >= 4 is 71.3 Å². The van der Waals surface area contributed by atoms with Crippen LogP contribution in [0.25, 0.3) is 10.9 Å². The fourth-order valence-electron chi connectivity index (χ4n) is 9.52. The van der Waals surface area contributed by atoms with Crippen LogP contribution in [0.4, 0.5) is 14.5 Å². The molecule has 18 nitrogen and oxygen atoms in total. The van der Waals surface area contributed by atoms with Gasteiger partial charge in [-0.3, -0.25) is 53.1 Å². The summed E-state index contributed by atoms with van der Waals surface area (Å²) in [6, 6.07) is 12.1. The number of amides is 7. The summed E-state index contributed by atoms with van der Waals surface area (Å²) in [6.07, 6.45) is 4.71. The number of aromatic amines is 1. The van der Waals surface area contributed by atoms with Gasteiger partial charge < -0.3 is 36.0 Å². The zero-order valence-corrected chi connectivity index (χ0v) is 41.3. The lowest BCUT2D eigenvalue weighted by Crippen LogP contribution is -2.57. The number of carbonyl (C=O) groups excluding carboxylic acids is 8. The molecule has 21 heteroatoms. The van der Waals surface area contributed by atoms with E-state index in [9.17, 15) is 61.5 Å². The van der Waals surface area contributed by atoms with Crippen molar-refractivity contribution in [3.05, 3.63) is 100 Å². The molecule has 1 aromatic heterocycles. The van der Waals surface area contributed by atoms with Gasteiger partial charge >= 0.3 is 13.3 Å². The number of rotatable bonds is 21. The first-order valence-corrected chi connectivity index (χ1v) is 25.9. The van der Waals surface area contributed by atoms with Crippen LogP contribution in [0.5, 0.6) is 0 Å². The van der Waals surface area contributed by atoms with Crippen LogP contribution in [-0.4, -0.2) is 91.0 Å². The largest absolute Gasteiger partial charge is 0.399 e. The normalized spacial score (nSPS) is 17.4. The molecule has 8 N–H and O–H groups in total. The number of ketones is 1. The van der Waals surface area contributed by atoms with Crippen LogP contribution in [0.15, 0.2) is 66.7 Å². The van der Waals surface area contributed by atoms with Crippen LogP contribution in [-0.2, 0) is 52.0 Å². The minimum Gasteiger partial charge on any atom is -0.370 e. The van der Waals surface area contributed by atoms with Gasteiger partial charge in [-0.15, -0.1) is 0 Å². The summed E-state index contributed by atoms with van der Waals surface area (Å²) in [6.45, 7) is 3.89. The summed E-state index contributed by atoms with van der Waals surface area (Å²) in [5.41, 5.74) is 3.16. The van der Waals surface area contributed by atoms with Gasteiger partial charge in [-0.2, -0.15) is 8.78 Å². The number of primary amides is 1. The van der Waals surface area contributed by atoms with E-state index in [0.717, 1.165) is 43.0 Å². The van der Waals surface area contributed by atoms with Crippen molar-refractivity contribution in [1.29, 1.82) is 0 Å². The first kappa shape index (κ1) is 53.7. The van der Waals surface area contributed by atoms with Crippen molar-refractivity contribution < 1.29 is 61.5 Å². The van der Waals surface area contributed by atoms with Crippen LogP contribution in [0, 0.1) is 17.8 Å². The number of imide groups is 1. The van der Waals surface area contributed by atoms with Crippen LogP contribution in [0.3, 0.4) is 0 Å². The van der Waals surface area contributed by atoms with Crippen LogP contribution >= 0.6 is 7.60 Å². The molecule has 0 saturated carbocycles. The van der Waals surface area contributed by atoms with Crippen molar-refractivity contribution in [3.63, 3.8) is 0 Å². The molecule has 4 heterocycles. The van der Waals surface area contributed by atoms with E-state index >= 15 is 0 Å². The van der Waals surface area contributed by atoms with Gasteiger partial charge in [0.25, 0.3) is 11.8 Å². The monoisotopic (exact) mass is 1030 g/mol. The maximum Gasteiger partial charge on any atom is 0.399 e. The number of piperidine rings is 1. The molecule has 7 rings (SSSR count). The van der Waals surface area contributed by atoms with Crippen LogP contribution in [0.1, 0.15) is 134 Å². The van der Waals surface area contributed by atoms with E-state index in [2.05, 4.69) is 32.8 Å². The Labute approximate surface area is 419 Å². The van der Waals surface area contributed by atoms with E-state index in [1.54, 1.807) is 36.4 Å². The number of H-pyrrole nitrogens is 1. The van der Waals surface area contributed by atoms with Gasteiger partial charge in [0.2, 0.25) is 29.5 Å². The second-order valence-corrected chi connectivity index (χ2v) is 20.8. The number of anilines is 1. The lowest BCUT2D eigenvalue weighted by molar-refractivity contribution is -0.137. The maximum absolute atomic E-state index is 14.7. The summed E-state index contributed by atoms with van der Waals surface area (Å²) >= 11 is 0. The number of hydrogen-bond acceptors (Lipinski definition) is 9. The lowest BCUT2D eigenvalue weighted by atomic mass is 9.99. The van der Waals surface area contributed by atoms with Gasteiger partial charge in [-0.05, 0) is 85.5 Å². The second kappa shape index (κ2) is 22.8. The standard InChI is InChI=1S/C52H58F2N7O11P/c1-30(2)25-40(58-47(65)39-27-33-26-34(19-20-37(33)56-39)52(53,54)73(70,71)72)51(69)61-41-17-11-10-14-32(41)28-43(61)49(67)57-38(21-23-45(55)63)44(62)18-9-7-5-3-4-6-8-13-31-15-12-16-35-36(31)29-60(50(35)68)42-22-24-46(64)59-48(42)66/h10-12,14-17,19-20,26-27,30,38,40,42-43,56H,3-7,9,18,21-25,28-29H2,1-2H3,(H2,55,63)(H,57,67)(H,58,65)(H,59,64,66)(H2,70,71,72)/t38-,40-,42?,43-/m0/s1. The number of alkyl halides is 2. The third-order valence-corrected chi connectivity index (χ3v) is 14.3. The first-order valence-electron chi connectivity index (χ1n) is 24.3. The number of Topliss-reactive ketones (excluding diaryl/α,β-unsaturated/α-hetero) is 1. The number of carbonyl (C=O) groups is 8. The number of nitrogens with one attached hydrogen (secondary N) is 4. The van der Waals surface area contributed by atoms with E-state index in [-0.39, 0.29) is 91.6 Å². The molecule has 1 unspecified atom stereocenters. The Kier molecular flexibility index (Phi) is 16.8. The molecule has 386 valence electrons. The molecule has 1 fully saturated rings. The molecular weight excluding hydrogens is 968 g/mol. The maximum atomic E-state index is 14.7. The molecule has 73 heavy (non-hydrogen) atoms. The van der Waals surface area contributed by atoms with Gasteiger partial charge in [0, 0.05) is 71.9 Å². The quantitative estimate of drug-likeness (QED) is 0.0242. The minimum absolute atomic E-state index is 0.0590. The van der Waals surface area contributed by atoms with Crippen LogP contribution in [0.2, 0.25) is 0 Å². The number of nitrogens with zero attached hydrogens (tertiary/aromatic N) is 2. The number of aromatic nitrogens is 1. The van der Waals surface area contributed by atoms with E-state index in [0.29, 0.717) is 41.6 Å². The highest BCUT2D eigenvalue weighted by molar-refractivity contribution is 7.52. The predicted molar refractivity (Wildman–Crippen MR) is 263 cm³/mol. The topological polar surface area (TPSA) is 278 Å². The highest BCUT2D eigenvalue weighted by Gasteiger charge is 2.50. The van der Waals surface area contributed by atoms with E-state index in [1.165, 1.54) is 15.9 Å². The Bertz CT molecular complexity index is 2960. The lowest BCUT2D eigenvalue weighted by Gasteiger charge is -2.31. The molecule has 3 aliphatic heterocycles. The molecule has 7 amide bonds. The Morgan fingerprint density at radius 2 is 1.66 bits per heavy atom. The highest BCUT2D eigenvalue weighted by Crippen LogP contribution is 2.59. The smallest absolute Gasteiger partial charge is 0.370 e. The molecular formula is C52H58F2N7O11P. The van der Waals surface area contributed by atoms with Crippen LogP contribution < -0.4 is 26.6 Å².